The minimum atomic E-state index is -1.82. The predicted molar refractivity (Wildman–Crippen MR) is 119 cm³/mol. The van der Waals surface area contributed by atoms with E-state index in [2.05, 4.69) is 39.2 Å². The lowest BCUT2D eigenvalue weighted by Gasteiger charge is -2.36. The van der Waals surface area contributed by atoms with E-state index >= 15 is 0 Å². The van der Waals surface area contributed by atoms with Gasteiger partial charge in [-0.05, 0) is 41.4 Å². The van der Waals surface area contributed by atoms with Crippen LogP contribution in [0.2, 0.25) is 18.1 Å². The molecule has 1 unspecified atom stereocenters. The normalized spacial score (nSPS) is 12.9. The van der Waals surface area contributed by atoms with E-state index in [0.717, 1.165) is 16.9 Å². The van der Waals surface area contributed by atoms with Gasteiger partial charge in [0.2, 0.25) is 0 Å². The van der Waals surface area contributed by atoms with Crippen LogP contribution in [0, 0.1) is 0 Å². The Kier molecular flexibility index (Phi) is 7.87. The zero-order valence-corrected chi connectivity index (χ0v) is 19.3. The van der Waals surface area contributed by atoms with Gasteiger partial charge in [0.15, 0.2) is 14.4 Å². The van der Waals surface area contributed by atoms with Gasteiger partial charge in [-0.1, -0.05) is 63.2 Å². The molecule has 2 rings (SSSR count). The number of nitrogens with one attached hydrogen (secondary N) is 1. The van der Waals surface area contributed by atoms with Crippen LogP contribution in [0.3, 0.4) is 0 Å². The van der Waals surface area contributed by atoms with Crippen LogP contribution in [-0.4, -0.2) is 28.1 Å². The van der Waals surface area contributed by atoms with Gasteiger partial charge in [0, 0.05) is 7.05 Å². The average Bonchev–Trinajstić information content (AvgIpc) is 2.69. The quantitative estimate of drug-likeness (QED) is 0.563. The van der Waals surface area contributed by atoms with E-state index in [-0.39, 0.29) is 11.6 Å². The van der Waals surface area contributed by atoms with Crippen LogP contribution in [0.5, 0.6) is 5.75 Å². The highest BCUT2D eigenvalue weighted by Gasteiger charge is 2.37. The van der Waals surface area contributed by atoms with E-state index in [1.165, 1.54) is 7.05 Å². The fourth-order valence-corrected chi connectivity index (χ4v) is 3.40. The summed E-state index contributed by atoms with van der Waals surface area (Å²) >= 11 is 0. The Morgan fingerprint density at radius 3 is 2.38 bits per heavy atom. The topological polar surface area (TPSA) is 56.8 Å². The first-order valence-electron chi connectivity index (χ1n) is 9.91. The van der Waals surface area contributed by atoms with Crippen LogP contribution in [0.25, 0.3) is 0 Å². The van der Waals surface area contributed by atoms with Gasteiger partial charge in [0.25, 0.3) is 0 Å². The Morgan fingerprint density at radius 1 is 1.07 bits per heavy atom. The maximum Gasteiger partial charge on any atom is 0.407 e. The lowest BCUT2D eigenvalue weighted by molar-refractivity contribution is 0.0829. The third-order valence-corrected chi connectivity index (χ3v) is 9.80. The Balaban J connectivity index is 2.11. The van der Waals surface area contributed by atoms with Gasteiger partial charge >= 0.3 is 6.09 Å². The van der Waals surface area contributed by atoms with E-state index in [0.29, 0.717) is 6.61 Å². The second-order valence-electron chi connectivity index (χ2n) is 8.56. The summed E-state index contributed by atoms with van der Waals surface area (Å²) in [4.78, 5) is 11.5. The third-order valence-electron chi connectivity index (χ3n) is 5.32. The molecule has 0 fully saturated rings. The minimum Gasteiger partial charge on any atom is -0.482 e. The van der Waals surface area contributed by atoms with E-state index < -0.39 is 20.5 Å². The number of ether oxygens (including phenoxy) is 2. The minimum absolute atomic E-state index is 0.119. The molecule has 5 nitrogen and oxygen atoms in total. The lowest BCUT2D eigenvalue weighted by atomic mass is 10.1. The van der Waals surface area contributed by atoms with Crippen molar-refractivity contribution in [2.24, 2.45) is 0 Å². The number of benzene rings is 2. The average molecular weight is 416 g/mol. The molecule has 1 amide bonds. The summed E-state index contributed by atoms with van der Waals surface area (Å²) in [6.45, 7) is 11.9. The van der Waals surface area contributed by atoms with Crippen molar-refractivity contribution in [2.45, 2.75) is 51.6 Å². The fraction of sp³-hybridized carbons (Fsp3) is 0.435. The van der Waals surface area contributed by atoms with E-state index in [1.807, 2.05) is 54.6 Å². The summed E-state index contributed by atoms with van der Waals surface area (Å²) in [6, 6.07) is 17.6. The molecule has 0 aromatic heterocycles. The van der Waals surface area contributed by atoms with Gasteiger partial charge in [-0.25, -0.2) is 4.79 Å². The number of carbonyl (C=O) groups excluding carboxylic acids is 1. The molecule has 0 heterocycles. The molecule has 1 atom stereocenters. The maximum absolute atomic E-state index is 11.5. The second kappa shape index (κ2) is 9.94. The largest absolute Gasteiger partial charge is 0.482 e. The molecule has 158 valence electrons. The van der Waals surface area contributed by atoms with Crippen molar-refractivity contribution in [3.05, 3.63) is 65.7 Å². The summed E-state index contributed by atoms with van der Waals surface area (Å²) in [5, 5.41) is 2.62. The van der Waals surface area contributed by atoms with Gasteiger partial charge in [0.05, 0.1) is 6.61 Å². The van der Waals surface area contributed by atoms with E-state index in [9.17, 15) is 4.79 Å². The van der Waals surface area contributed by atoms with Gasteiger partial charge in [0.1, 0.15) is 12.4 Å². The summed E-state index contributed by atoms with van der Waals surface area (Å²) in [5.74, 6) is 0.718. The first-order chi connectivity index (χ1) is 13.6. The van der Waals surface area contributed by atoms with Gasteiger partial charge in [-0.2, -0.15) is 0 Å². The van der Waals surface area contributed by atoms with Gasteiger partial charge in [-0.3, -0.25) is 0 Å². The maximum atomic E-state index is 11.5. The Morgan fingerprint density at radius 2 is 1.76 bits per heavy atom. The van der Waals surface area contributed by atoms with Crippen molar-refractivity contribution < 1.29 is 18.7 Å². The number of hydrogen-bond acceptors (Lipinski definition) is 4. The van der Waals surface area contributed by atoms with Gasteiger partial charge < -0.3 is 19.2 Å². The standard InChI is InChI=1S/C23H33NO4Si/c1-23(2,3)29(5,6)27-16-18-11-10-14-20(15-18)28-21(17-26-22(25)24-4)19-12-8-7-9-13-19/h7-15,21H,16-17H2,1-6H3,(H,24,25). The molecule has 6 heteroatoms. The molecule has 2 aromatic carbocycles. The number of hydrogen-bond donors (Lipinski definition) is 1. The molecule has 0 spiro atoms. The van der Waals surface area contributed by atoms with Crippen LogP contribution in [-0.2, 0) is 15.8 Å². The van der Waals surface area contributed by atoms with Crippen LogP contribution in [0.15, 0.2) is 54.6 Å². The monoisotopic (exact) mass is 415 g/mol. The number of amides is 1. The summed E-state index contributed by atoms with van der Waals surface area (Å²) in [5.41, 5.74) is 2.01. The molecule has 0 aliphatic rings. The third kappa shape index (κ3) is 6.90. The number of alkyl carbamates (subject to hydrolysis) is 1. The summed E-state index contributed by atoms with van der Waals surface area (Å²) in [6.07, 6.45) is -0.879. The van der Waals surface area contributed by atoms with Crippen molar-refractivity contribution in [3.63, 3.8) is 0 Å². The number of carbonyl (C=O) groups is 1. The van der Waals surface area contributed by atoms with Crippen LogP contribution in [0.4, 0.5) is 4.79 Å². The molecule has 0 aliphatic carbocycles. The lowest BCUT2D eigenvalue weighted by Crippen LogP contribution is -2.40. The molecule has 0 saturated heterocycles. The molecule has 0 radical (unpaired) electrons. The van der Waals surface area contributed by atoms with Crippen molar-refractivity contribution in [1.29, 1.82) is 0 Å². The highest BCUT2D eigenvalue weighted by Crippen LogP contribution is 2.37. The molecule has 0 aliphatic heterocycles. The molecule has 0 bridgehead atoms. The van der Waals surface area contributed by atoms with Crippen molar-refractivity contribution in [1.82, 2.24) is 5.32 Å². The van der Waals surface area contributed by atoms with Crippen LogP contribution < -0.4 is 10.1 Å². The zero-order valence-electron chi connectivity index (χ0n) is 18.3. The first-order valence-corrected chi connectivity index (χ1v) is 12.8. The Labute approximate surface area is 175 Å². The number of rotatable bonds is 8. The van der Waals surface area contributed by atoms with E-state index in [1.54, 1.807) is 0 Å². The van der Waals surface area contributed by atoms with Crippen molar-refractivity contribution in [3.8, 4) is 5.75 Å². The predicted octanol–water partition coefficient (Wildman–Crippen LogP) is 5.68. The molecule has 0 saturated carbocycles. The van der Waals surface area contributed by atoms with Crippen molar-refractivity contribution >= 4 is 14.4 Å². The highest BCUT2D eigenvalue weighted by molar-refractivity contribution is 6.74. The van der Waals surface area contributed by atoms with Crippen molar-refractivity contribution in [2.75, 3.05) is 13.7 Å². The molecule has 1 N–H and O–H groups in total. The smallest absolute Gasteiger partial charge is 0.407 e. The van der Waals surface area contributed by atoms with Crippen LogP contribution >= 0.6 is 0 Å². The molecular weight excluding hydrogens is 382 g/mol. The van der Waals surface area contributed by atoms with E-state index in [4.69, 9.17) is 13.9 Å². The molecule has 29 heavy (non-hydrogen) atoms. The highest BCUT2D eigenvalue weighted by atomic mass is 28.4. The Hall–Kier alpha value is -2.31. The zero-order chi connectivity index (χ0) is 21.5. The SMILES string of the molecule is CNC(=O)OCC(Oc1cccc(CO[Si](C)(C)C(C)(C)C)c1)c1ccccc1. The van der Waals surface area contributed by atoms with Gasteiger partial charge in [-0.15, -0.1) is 0 Å². The molecular formula is C23H33NO4Si. The van der Waals surface area contributed by atoms with Crippen LogP contribution in [0.1, 0.15) is 38.0 Å². The summed E-state index contributed by atoms with van der Waals surface area (Å²) < 4.78 is 17.8. The first kappa shape index (κ1) is 23.0. The molecule has 2 aromatic rings. The summed E-state index contributed by atoms with van der Waals surface area (Å²) in [7, 11) is -0.290. The fourth-order valence-electron chi connectivity index (χ4n) is 2.44. The second-order valence-corrected chi connectivity index (χ2v) is 13.4. The Bertz CT molecular complexity index is 787.